The summed E-state index contributed by atoms with van der Waals surface area (Å²) < 4.78 is 0. The fourth-order valence-corrected chi connectivity index (χ4v) is 2.04. The molecule has 2 rings (SSSR count). The number of hydrogen-bond donors (Lipinski definition) is 2. The molecule has 0 aliphatic rings. The van der Waals surface area contributed by atoms with Crippen molar-refractivity contribution in [1.82, 2.24) is 0 Å². The average molecular weight is 281 g/mol. The third kappa shape index (κ3) is 2.42. The molecule has 0 fully saturated rings. The van der Waals surface area contributed by atoms with Crippen molar-refractivity contribution in [2.45, 2.75) is 0 Å². The smallest absolute Gasteiger partial charge is 0.120 e. The van der Waals surface area contributed by atoms with Crippen LogP contribution in [0.3, 0.4) is 0 Å². The summed E-state index contributed by atoms with van der Waals surface area (Å²) in [6.45, 7) is 0. The van der Waals surface area contributed by atoms with Crippen molar-refractivity contribution in [3.05, 3.63) is 63.6 Å². The summed E-state index contributed by atoms with van der Waals surface area (Å²) in [6, 6.07) is 12.0. The Morgan fingerprint density at radius 3 is 2.44 bits per heavy atom. The SMILES string of the molecule is Nc1ccc(Cl)cc1/C(=N/O)c1ccccc1Cl. The van der Waals surface area contributed by atoms with Gasteiger partial charge in [-0.3, -0.25) is 0 Å². The third-order valence-corrected chi connectivity index (χ3v) is 3.06. The molecule has 3 N–H and O–H groups in total. The van der Waals surface area contributed by atoms with Gasteiger partial charge in [-0.2, -0.15) is 0 Å². The van der Waals surface area contributed by atoms with E-state index < -0.39 is 0 Å². The zero-order valence-electron chi connectivity index (χ0n) is 9.27. The molecule has 0 spiro atoms. The lowest BCUT2D eigenvalue weighted by molar-refractivity contribution is 0.319. The molecule has 0 amide bonds. The Labute approximate surface area is 114 Å². The Morgan fingerprint density at radius 1 is 1.06 bits per heavy atom. The summed E-state index contributed by atoms with van der Waals surface area (Å²) in [4.78, 5) is 0. The number of anilines is 1. The van der Waals surface area contributed by atoms with Crippen LogP contribution in [0.5, 0.6) is 0 Å². The molecule has 18 heavy (non-hydrogen) atoms. The largest absolute Gasteiger partial charge is 0.410 e. The van der Waals surface area contributed by atoms with Gasteiger partial charge in [-0.1, -0.05) is 46.6 Å². The van der Waals surface area contributed by atoms with Gasteiger partial charge in [0.15, 0.2) is 0 Å². The van der Waals surface area contributed by atoms with Gasteiger partial charge < -0.3 is 10.9 Å². The van der Waals surface area contributed by atoms with Crippen LogP contribution in [0.4, 0.5) is 5.69 Å². The summed E-state index contributed by atoms with van der Waals surface area (Å²) >= 11 is 12.0. The second-order valence-corrected chi connectivity index (χ2v) is 4.50. The molecule has 0 saturated carbocycles. The van der Waals surface area contributed by atoms with E-state index >= 15 is 0 Å². The van der Waals surface area contributed by atoms with Crippen LogP contribution in [0.2, 0.25) is 10.0 Å². The first-order chi connectivity index (χ1) is 8.63. The van der Waals surface area contributed by atoms with Gasteiger partial charge in [0.25, 0.3) is 0 Å². The Morgan fingerprint density at radius 2 is 1.78 bits per heavy atom. The van der Waals surface area contributed by atoms with Crippen molar-refractivity contribution in [2.24, 2.45) is 5.16 Å². The molecule has 92 valence electrons. The molecule has 0 aromatic heterocycles. The minimum atomic E-state index is 0.292. The molecule has 0 heterocycles. The molecule has 0 aliphatic carbocycles. The first-order valence-corrected chi connectivity index (χ1v) is 5.91. The van der Waals surface area contributed by atoms with E-state index in [1.807, 2.05) is 0 Å². The van der Waals surface area contributed by atoms with E-state index in [1.165, 1.54) is 0 Å². The van der Waals surface area contributed by atoms with Crippen LogP contribution < -0.4 is 5.73 Å². The standard InChI is InChI=1S/C13H10Cl2N2O/c14-8-5-6-12(16)10(7-8)13(17-18)9-3-1-2-4-11(9)15/h1-7,18H,16H2/b17-13+. The van der Waals surface area contributed by atoms with Crippen LogP contribution in [-0.4, -0.2) is 10.9 Å². The quantitative estimate of drug-likeness (QED) is 0.380. The Kier molecular flexibility index (Phi) is 3.75. The second kappa shape index (κ2) is 5.29. The predicted molar refractivity (Wildman–Crippen MR) is 74.7 cm³/mol. The molecule has 0 aliphatic heterocycles. The Bertz CT molecular complexity index is 612. The summed E-state index contributed by atoms with van der Waals surface area (Å²) in [5.74, 6) is 0. The van der Waals surface area contributed by atoms with Crippen molar-refractivity contribution < 1.29 is 5.21 Å². The van der Waals surface area contributed by atoms with Gasteiger partial charge in [0, 0.05) is 21.8 Å². The van der Waals surface area contributed by atoms with E-state index in [0.29, 0.717) is 32.6 Å². The number of benzene rings is 2. The topological polar surface area (TPSA) is 58.6 Å². The summed E-state index contributed by atoms with van der Waals surface area (Å²) in [7, 11) is 0. The van der Waals surface area contributed by atoms with Crippen LogP contribution >= 0.6 is 23.2 Å². The minimum absolute atomic E-state index is 0.292. The van der Waals surface area contributed by atoms with Crippen LogP contribution in [0, 0.1) is 0 Å². The van der Waals surface area contributed by atoms with E-state index in [0.717, 1.165) is 0 Å². The van der Waals surface area contributed by atoms with Crippen molar-refractivity contribution in [1.29, 1.82) is 0 Å². The average Bonchev–Trinajstić information content (AvgIpc) is 2.36. The fourth-order valence-electron chi connectivity index (χ4n) is 1.64. The first kappa shape index (κ1) is 12.7. The number of nitrogens with zero attached hydrogens (tertiary/aromatic N) is 1. The molecule has 0 atom stereocenters. The van der Waals surface area contributed by atoms with E-state index in [1.54, 1.807) is 42.5 Å². The molecule has 3 nitrogen and oxygen atoms in total. The molecule has 0 unspecified atom stereocenters. The van der Waals surface area contributed by atoms with Gasteiger partial charge in [-0.25, -0.2) is 0 Å². The summed E-state index contributed by atoms with van der Waals surface area (Å²) in [5.41, 5.74) is 7.75. The van der Waals surface area contributed by atoms with Crippen molar-refractivity contribution in [3.63, 3.8) is 0 Å². The van der Waals surface area contributed by atoms with Gasteiger partial charge in [0.1, 0.15) is 5.71 Å². The highest BCUT2D eigenvalue weighted by Crippen LogP contribution is 2.25. The molecule has 0 saturated heterocycles. The lowest BCUT2D eigenvalue weighted by atomic mass is 10.0. The number of rotatable bonds is 2. The molecular formula is C13H10Cl2N2O. The third-order valence-electron chi connectivity index (χ3n) is 2.50. The Hall–Kier alpha value is -1.71. The zero-order valence-corrected chi connectivity index (χ0v) is 10.8. The monoisotopic (exact) mass is 280 g/mol. The second-order valence-electron chi connectivity index (χ2n) is 3.66. The van der Waals surface area contributed by atoms with E-state index in [-0.39, 0.29) is 0 Å². The van der Waals surface area contributed by atoms with Gasteiger partial charge in [0.05, 0.1) is 5.02 Å². The molecule has 2 aromatic carbocycles. The highest BCUT2D eigenvalue weighted by Gasteiger charge is 2.14. The van der Waals surface area contributed by atoms with E-state index in [2.05, 4.69) is 5.16 Å². The summed E-state index contributed by atoms with van der Waals surface area (Å²) in [5, 5.41) is 13.5. The maximum Gasteiger partial charge on any atom is 0.120 e. The molecule has 0 radical (unpaired) electrons. The van der Waals surface area contributed by atoms with Crippen LogP contribution in [0.25, 0.3) is 0 Å². The highest BCUT2D eigenvalue weighted by atomic mass is 35.5. The highest BCUT2D eigenvalue weighted by molar-refractivity contribution is 6.36. The van der Waals surface area contributed by atoms with Crippen LogP contribution in [-0.2, 0) is 0 Å². The van der Waals surface area contributed by atoms with Gasteiger partial charge in [-0.05, 0) is 24.3 Å². The van der Waals surface area contributed by atoms with Gasteiger partial charge in [-0.15, -0.1) is 0 Å². The molecular weight excluding hydrogens is 271 g/mol. The molecule has 0 bridgehead atoms. The van der Waals surface area contributed by atoms with Crippen LogP contribution in [0.15, 0.2) is 47.6 Å². The number of halogens is 2. The van der Waals surface area contributed by atoms with Crippen molar-refractivity contribution in [3.8, 4) is 0 Å². The maximum absolute atomic E-state index is 9.20. The number of nitrogen functional groups attached to an aromatic ring is 1. The van der Waals surface area contributed by atoms with E-state index in [4.69, 9.17) is 28.9 Å². The predicted octanol–water partition coefficient (Wildman–Crippen LogP) is 3.80. The Balaban J connectivity index is 2.60. The minimum Gasteiger partial charge on any atom is -0.410 e. The van der Waals surface area contributed by atoms with Crippen LogP contribution in [0.1, 0.15) is 11.1 Å². The van der Waals surface area contributed by atoms with E-state index in [9.17, 15) is 5.21 Å². The van der Waals surface area contributed by atoms with Crippen molar-refractivity contribution in [2.75, 3.05) is 5.73 Å². The van der Waals surface area contributed by atoms with Crippen molar-refractivity contribution >= 4 is 34.6 Å². The summed E-state index contributed by atoms with van der Waals surface area (Å²) in [6.07, 6.45) is 0. The first-order valence-electron chi connectivity index (χ1n) is 5.16. The zero-order chi connectivity index (χ0) is 13.1. The fraction of sp³-hybridized carbons (Fsp3) is 0. The molecule has 5 heteroatoms. The lowest BCUT2D eigenvalue weighted by Gasteiger charge is -2.09. The van der Waals surface area contributed by atoms with Gasteiger partial charge in [0.2, 0.25) is 0 Å². The normalized spacial score (nSPS) is 11.6. The van der Waals surface area contributed by atoms with Gasteiger partial charge >= 0.3 is 0 Å². The maximum atomic E-state index is 9.20. The number of hydrogen-bond acceptors (Lipinski definition) is 3. The molecule has 2 aromatic rings. The lowest BCUT2D eigenvalue weighted by Crippen LogP contribution is -2.07. The number of nitrogens with two attached hydrogens (primary N) is 1. The number of oxime groups is 1.